The van der Waals surface area contributed by atoms with Crippen molar-refractivity contribution >= 4 is 28.4 Å². The highest BCUT2D eigenvalue weighted by Gasteiger charge is 2.26. The first-order valence-corrected chi connectivity index (χ1v) is 9.10. The lowest BCUT2D eigenvalue weighted by Crippen LogP contribution is -2.29. The molecule has 8 nitrogen and oxygen atoms in total. The zero-order valence-electron chi connectivity index (χ0n) is 15.7. The number of aromatic hydroxyl groups is 1. The summed E-state index contributed by atoms with van der Waals surface area (Å²) in [7, 11) is 0. The van der Waals surface area contributed by atoms with Crippen LogP contribution in [0.1, 0.15) is 6.42 Å². The molecule has 3 heterocycles. The first-order valence-electron chi connectivity index (χ1n) is 9.10. The van der Waals surface area contributed by atoms with Gasteiger partial charge in [0.25, 0.3) is 0 Å². The number of phenols is 1. The first kappa shape index (κ1) is 19.5. The van der Waals surface area contributed by atoms with E-state index in [1.54, 1.807) is 17.0 Å². The highest BCUT2D eigenvalue weighted by atomic mass is 19.2. The number of fused-ring (bicyclic) bond motifs is 1. The average Bonchev–Trinajstić information content (AvgIpc) is 3.22. The molecule has 0 aliphatic carbocycles. The summed E-state index contributed by atoms with van der Waals surface area (Å²) in [5.41, 5.74) is 0.544. The van der Waals surface area contributed by atoms with Crippen molar-refractivity contribution in [3.05, 3.63) is 54.9 Å². The Labute approximate surface area is 169 Å². The number of nitrogens with one attached hydrogen (secondary N) is 1. The van der Waals surface area contributed by atoms with Crippen molar-refractivity contribution in [1.29, 1.82) is 0 Å². The third kappa shape index (κ3) is 3.71. The molecule has 2 N–H and O–H groups in total. The molecule has 0 spiro atoms. The second kappa shape index (κ2) is 7.90. The summed E-state index contributed by atoms with van der Waals surface area (Å²) in [4.78, 5) is 25.9. The molecule has 154 valence electrons. The third-order valence-corrected chi connectivity index (χ3v) is 4.69. The van der Waals surface area contributed by atoms with Crippen molar-refractivity contribution < 1.29 is 23.4 Å². The SMILES string of the molecule is C=CC(=O)N1CC[C@H](Oc2ccc3ncnc(Nc4ccc(O)c(F)c4F)c3n2)C1. The van der Waals surface area contributed by atoms with Crippen LogP contribution in [0.15, 0.2) is 43.2 Å². The molecule has 0 unspecified atom stereocenters. The van der Waals surface area contributed by atoms with Gasteiger partial charge in [0, 0.05) is 19.0 Å². The number of carbonyl (C=O) groups excluding carboxylic acids is 1. The number of rotatable bonds is 5. The number of benzene rings is 1. The number of ether oxygens (including phenoxy) is 1. The quantitative estimate of drug-likeness (QED) is 0.490. The van der Waals surface area contributed by atoms with E-state index in [1.165, 1.54) is 18.5 Å². The molecule has 1 fully saturated rings. The van der Waals surface area contributed by atoms with E-state index in [1.807, 2.05) is 0 Å². The number of carbonyl (C=O) groups is 1. The van der Waals surface area contributed by atoms with Crippen molar-refractivity contribution in [1.82, 2.24) is 19.9 Å². The van der Waals surface area contributed by atoms with Gasteiger partial charge in [-0.3, -0.25) is 4.79 Å². The lowest BCUT2D eigenvalue weighted by Gasteiger charge is -2.15. The van der Waals surface area contributed by atoms with Gasteiger partial charge in [0.2, 0.25) is 17.6 Å². The van der Waals surface area contributed by atoms with Crippen LogP contribution in [0.4, 0.5) is 20.3 Å². The van der Waals surface area contributed by atoms with E-state index in [9.17, 15) is 18.7 Å². The number of anilines is 2. The Hall–Kier alpha value is -3.82. The summed E-state index contributed by atoms with van der Waals surface area (Å²) >= 11 is 0. The van der Waals surface area contributed by atoms with Gasteiger partial charge in [0.05, 0.1) is 17.7 Å². The third-order valence-electron chi connectivity index (χ3n) is 4.69. The van der Waals surface area contributed by atoms with Gasteiger partial charge in [-0.15, -0.1) is 0 Å². The summed E-state index contributed by atoms with van der Waals surface area (Å²) < 4.78 is 33.6. The minimum Gasteiger partial charge on any atom is -0.505 e. The predicted octanol–water partition coefficient (Wildman–Crippen LogP) is 2.92. The summed E-state index contributed by atoms with van der Waals surface area (Å²) in [6.45, 7) is 4.46. The smallest absolute Gasteiger partial charge is 0.246 e. The van der Waals surface area contributed by atoms with Crippen molar-refractivity contribution in [2.45, 2.75) is 12.5 Å². The Morgan fingerprint density at radius 1 is 1.27 bits per heavy atom. The molecule has 0 saturated carbocycles. The fraction of sp³-hybridized carbons (Fsp3) is 0.200. The van der Waals surface area contributed by atoms with Crippen molar-refractivity contribution in [2.24, 2.45) is 0 Å². The number of likely N-dealkylation sites (tertiary alicyclic amines) is 1. The molecular weight excluding hydrogens is 396 g/mol. The Morgan fingerprint density at radius 3 is 2.90 bits per heavy atom. The number of pyridine rings is 1. The molecule has 4 rings (SSSR count). The van der Waals surface area contributed by atoms with E-state index >= 15 is 0 Å². The summed E-state index contributed by atoms with van der Waals surface area (Å²) in [5.74, 6) is -3.13. The van der Waals surface area contributed by atoms with Crippen LogP contribution < -0.4 is 10.1 Å². The lowest BCUT2D eigenvalue weighted by molar-refractivity contribution is -0.125. The normalized spacial score (nSPS) is 15.9. The number of aromatic nitrogens is 3. The minimum absolute atomic E-state index is 0.143. The molecule has 1 aliphatic rings. The zero-order chi connectivity index (χ0) is 21.3. The molecule has 1 saturated heterocycles. The van der Waals surface area contributed by atoms with Crippen LogP contribution in [0, 0.1) is 11.6 Å². The number of halogens is 2. The van der Waals surface area contributed by atoms with Crippen molar-refractivity contribution in [2.75, 3.05) is 18.4 Å². The molecule has 1 aromatic carbocycles. The molecular formula is C20H17F2N5O3. The lowest BCUT2D eigenvalue weighted by atomic mass is 10.2. The largest absolute Gasteiger partial charge is 0.505 e. The molecule has 1 atom stereocenters. The average molecular weight is 413 g/mol. The first-order chi connectivity index (χ1) is 14.5. The van der Waals surface area contributed by atoms with Crippen LogP contribution in [0.25, 0.3) is 11.0 Å². The van der Waals surface area contributed by atoms with Gasteiger partial charge in [-0.25, -0.2) is 19.3 Å². The van der Waals surface area contributed by atoms with E-state index in [2.05, 4.69) is 26.8 Å². The fourth-order valence-corrected chi connectivity index (χ4v) is 3.17. The Morgan fingerprint density at radius 2 is 2.10 bits per heavy atom. The Kier molecular flexibility index (Phi) is 5.13. The van der Waals surface area contributed by atoms with Crippen LogP contribution >= 0.6 is 0 Å². The predicted molar refractivity (Wildman–Crippen MR) is 104 cm³/mol. The van der Waals surface area contributed by atoms with E-state index in [0.29, 0.717) is 30.5 Å². The number of hydrogen-bond donors (Lipinski definition) is 2. The monoisotopic (exact) mass is 413 g/mol. The molecule has 10 heteroatoms. The van der Waals surface area contributed by atoms with Gasteiger partial charge in [-0.2, -0.15) is 4.39 Å². The van der Waals surface area contributed by atoms with Gasteiger partial charge < -0.3 is 20.1 Å². The fourth-order valence-electron chi connectivity index (χ4n) is 3.17. The van der Waals surface area contributed by atoms with Gasteiger partial charge in [0.15, 0.2) is 17.4 Å². The standard InChI is InChI=1S/C20H17F2N5O3/c1-2-16(29)27-8-7-11(9-27)30-15-6-4-13-19(26-15)20(24-10-23-13)25-12-3-5-14(28)18(22)17(12)21/h2-6,10-11,28H,1,7-9H2,(H,23,24,25)/t11-/m0/s1. The molecule has 1 aliphatic heterocycles. The number of hydrogen-bond acceptors (Lipinski definition) is 7. The van der Waals surface area contributed by atoms with Crippen molar-refractivity contribution in [3.63, 3.8) is 0 Å². The molecule has 3 aromatic rings. The number of amides is 1. The maximum Gasteiger partial charge on any atom is 0.246 e. The van der Waals surface area contributed by atoms with E-state index in [0.717, 1.165) is 6.07 Å². The molecule has 0 bridgehead atoms. The second-order valence-electron chi connectivity index (χ2n) is 6.64. The molecule has 30 heavy (non-hydrogen) atoms. The maximum absolute atomic E-state index is 14.1. The van der Waals surface area contributed by atoms with E-state index in [-0.39, 0.29) is 29.4 Å². The highest BCUT2D eigenvalue weighted by Crippen LogP contribution is 2.29. The summed E-state index contributed by atoms with van der Waals surface area (Å²) in [6, 6.07) is 5.52. The molecule has 0 radical (unpaired) electrons. The Bertz CT molecular complexity index is 1140. The van der Waals surface area contributed by atoms with Gasteiger partial charge >= 0.3 is 0 Å². The summed E-state index contributed by atoms with van der Waals surface area (Å²) in [5, 5.41) is 12.0. The van der Waals surface area contributed by atoms with Gasteiger partial charge in [-0.1, -0.05) is 6.58 Å². The van der Waals surface area contributed by atoms with Crippen LogP contribution in [0.5, 0.6) is 11.6 Å². The Balaban J connectivity index is 1.59. The van der Waals surface area contributed by atoms with Crippen molar-refractivity contribution in [3.8, 4) is 11.6 Å². The number of phenolic OH excluding ortho intramolecular Hbond substituents is 1. The molecule has 2 aromatic heterocycles. The van der Waals surface area contributed by atoms with E-state index < -0.39 is 17.4 Å². The topological polar surface area (TPSA) is 100 Å². The minimum atomic E-state index is -1.37. The van der Waals surface area contributed by atoms with Crippen LogP contribution in [0.2, 0.25) is 0 Å². The van der Waals surface area contributed by atoms with Gasteiger partial charge in [0.1, 0.15) is 17.9 Å². The van der Waals surface area contributed by atoms with E-state index in [4.69, 9.17) is 4.74 Å². The summed E-state index contributed by atoms with van der Waals surface area (Å²) in [6.07, 6.45) is 2.94. The number of nitrogens with zero attached hydrogens (tertiary/aromatic N) is 4. The van der Waals surface area contributed by atoms with Crippen LogP contribution in [-0.4, -0.2) is 50.1 Å². The van der Waals surface area contributed by atoms with Crippen LogP contribution in [-0.2, 0) is 4.79 Å². The highest BCUT2D eigenvalue weighted by molar-refractivity contribution is 5.88. The van der Waals surface area contributed by atoms with Gasteiger partial charge in [-0.05, 0) is 24.3 Å². The second-order valence-corrected chi connectivity index (χ2v) is 6.64. The zero-order valence-corrected chi connectivity index (χ0v) is 15.7. The maximum atomic E-state index is 14.1. The molecule has 1 amide bonds. The van der Waals surface area contributed by atoms with Crippen LogP contribution in [0.3, 0.4) is 0 Å².